The monoisotopic (exact) mass is 437 g/mol. The molecule has 0 aliphatic rings. The summed E-state index contributed by atoms with van der Waals surface area (Å²) < 4.78 is 7.60. The summed E-state index contributed by atoms with van der Waals surface area (Å²) in [4.78, 5) is 24.0. The van der Waals surface area contributed by atoms with E-state index in [0.29, 0.717) is 23.4 Å². The minimum absolute atomic E-state index is 0.0331. The molecule has 3 rings (SSSR count). The first-order chi connectivity index (χ1) is 13.5. The quantitative estimate of drug-likeness (QED) is 0.454. The molecule has 3 aromatic rings. The summed E-state index contributed by atoms with van der Waals surface area (Å²) in [7, 11) is 1.86. The first kappa shape index (κ1) is 19.9. The Hall–Kier alpha value is -2.85. The minimum atomic E-state index is -0.245. The van der Waals surface area contributed by atoms with Crippen LogP contribution in [0.4, 0.5) is 5.69 Å². The van der Waals surface area contributed by atoms with Crippen LogP contribution in [0.2, 0.25) is 5.21 Å². The number of Topliss-reactive ketones (excluding diaryl/α,β-unsaturated/α-hetero) is 1. The Bertz CT molecular complexity index is 996. The normalized spacial score (nSPS) is 10.5. The number of hydrogen-bond acceptors (Lipinski definition) is 4. The van der Waals surface area contributed by atoms with Gasteiger partial charge in [-0.05, 0) is 6.92 Å². The summed E-state index contributed by atoms with van der Waals surface area (Å²) in [6, 6.07) is 14.0. The van der Waals surface area contributed by atoms with E-state index in [-0.39, 0.29) is 11.7 Å². The molecule has 2 aromatic carbocycles. The van der Waals surface area contributed by atoms with Crippen molar-refractivity contribution in [2.75, 3.05) is 11.9 Å². The van der Waals surface area contributed by atoms with Crippen molar-refractivity contribution in [3.8, 4) is 17.0 Å². The average molecular weight is 437 g/mol. The molecule has 0 bridgehead atoms. The molecule has 28 heavy (non-hydrogen) atoms. The fourth-order valence-electron chi connectivity index (χ4n) is 2.79. The van der Waals surface area contributed by atoms with Gasteiger partial charge in [-0.15, -0.1) is 0 Å². The zero-order chi connectivity index (χ0) is 20.1. The molecule has 1 aromatic heterocycles. The van der Waals surface area contributed by atoms with E-state index in [4.69, 9.17) is 4.74 Å². The van der Waals surface area contributed by atoms with E-state index in [1.807, 2.05) is 31.3 Å². The zero-order valence-electron chi connectivity index (χ0n) is 15.7. The number of carbonyl (C=O) groups excluding carboxylic acids is 2. The van der Waals surface area contributed by atoms with Crippen LogP contribution in [-0.4, -0.2) is 44.9 Å². The zero-order valence-corrected chi connectivity index (χ0v) is 17.6. The van der Waals surface area contributed by atoms with Crippen LogP contribution in [0, 0.1) is 0 Å². The van der Waals surface area contributed by atoms with E-state index in [1.165, 1.54) is 6.92 Å². The number of ether oxygens (including phenoxy) is 1. The molecule has 7 heteroatoms. The summed E-state index contributed by atoms with van der Waals surface area (Å²) in [5.41, 5.74) is 3.45. The summed E-state index contributed by atoms with van der Waals surface area (Å²) in [5.74, 6) is 0.457. The predicted molar refractivity (Wildman–Crippen MR) is 109 cm³/mol. The summed E-state index contributed by atoms with van der Waals surface area (Å²) >= 11 is 2.49. The molecular formula is C21H20AsN3O3. The van der Waals surface area contributed by atoms with Crippen LogP contribution in [0.1, 0.15) is 27.6 Å². The standard InChI is InChI=1S/C21H20AsN3O3/c1-14(26)15-3-5-16(6-4-15)21(27)24-17-7-8-20(28-12-10-22)18(13-17)19-9-11-23-25(19)2/h3-9,11,13H,10,12H2,1-2H3,(H,24,27). The molecule has 6 nitrogen and oxygen atoms in total. The molecule has 0 atom stereocenters. The Kier molecular flexibility index (Phi) is 6.32. The van der Waals surface area contributed by atoms with E-state index in [9.17, 15) is 9.59 Å². The first-order valence-electron chi connectivity index (χ1n) is 8.78. The SMILES string of the molecule is CC(=O)c1ccc(C(=O)Nc2ccc(OCC[As])c(-c3ccnn3C)c2)cc1. The summed E-state index contributed by atoms with van der Waals surface area (Å²) in [6.07, 6.45) is 1.72. The second-order valence-corrected chi connectivity index (χ2v) is 7.15. The van der Waals surface area contributed by atoms with E-state index < -0.39 is 0 Å². The summed E-state index contributed by atoms with van der Waals surface area (Å²) in [6.45, 7) is 2.08. The number of ketones is 1. The fourth-order valence-corrected chi connectivity index (χ4v) is 2.98. The second kappa shape index (κ2) is 8.89. The molecule has 0 aliphatic carbocycles. The number of hydrogen-bond donors (Lipinski definition) is 1. The average Bonchev–Trinajstić information content (AvgIpc) is 3.12. The van der Waals surface area contributed by atoms with Gasteiger partial charge in [0.05, 0.1) is 0 Å². The van der Waals surface area contributed by atoms with E-state index >= 15 is 0 Å². The molecule has 1 amide bonds. The van der Waals surface area contributed by atoms with Crippen LogP contribution < -0.4 is 10.1 Å². The van der Waals surface area contributed by atoms with Crippen LogP contribution in [0.3, 0.4) is 0 Å². The van der Waals surface area contributed by atoms with Crippen molar-refractivity contribution in [3.63, 3.8) is 0 Å². The van der Waals surface area contributed by atoms with Crippen LogP contribution in [-0.2, 0) is 7.05 Å². The molecule has 1 N–H and O–H groups in total. The Morgan fingerprint density at radius 1 is 1.11 bits per heavy atom. The third kappa shape index (κ3) is 4.52. The van der Waals surface area contributed by atoms with Gasteiger partial charge in [-0.2, -0.15) is 0 Å². The van der Waals surface area contributed by atoms with E-state index in [2.05, 4.69) is 27.3 Å². The first-order valence-corrected chi connectivity index (χ1v) is 10.1. The van der Waals surface area contributed by atoms with Gasteiger partial charge < -0.3 is 0 Å². The van der Waals surface area contributed by atoms with Crippen molar-refractivity contribution in [2.45, 2.75) is 12.1 Å². The number of nitrogens with zero attached hydrogens (tertiary/aromatic N) is 2. The molecule has 0 aliphatic heterocycles. The Balaban J connectivity index is 1.86. The maximum absolute atomic E-state index is 12.6. The van der Waals surface area contributed by atoms with Crippen LogP contribution in [0.5, 0.6) is 5.75 Å². The van der Waals surface area contributed by atoms with Crippen molar-refractivity contribution in [3.05, 3.63) is 65.9 Å². The number of aryl methyl sites for hydroxylation is 1. The molecular weight excluding hydrogens is 417 g/mol. The van der Waals surface area contributed by atoms with Crippen molar-refractivity contribution in [1.29, 1.82) is 0 Å². The van der Waals surface area contributed by atoms with Gasteiger partial charge in [0.15, 0.2) is 5.78 Å². The number of benzene rings is 2. The molecule has 1 heterocycles. The van der Waals surface area contributed by atoms with Crippen molar-refractivity contribution in [1.82, 2.24) is 9.78 Å². The number of nitrogens with one attached hydrogen (secondary N) is 1. The van der Waals surface area contributed by atoms with Gasteiger partial charge in [0.25, 0.3) is 0 Å². The molecule has 0 saturated carbocycles. The van der Waals surface area contributed by atoms with E-state index in [0.717, 1.165) is 22.2 Å². The molecule has 0 fully saturated rings. The number of anilines is 1. The van der Waals surface area contributed by atoms with Gasteiger partial charge in [-0.25, -0.2) is 0 Å². The molecule has 0 saturated heterocycles. The van der Waals surface area contributed by atoms with Gasteiger partial charge in [0.1, 0.15) is 0 Å². The van der Waals surface area contributed by atoms with E-state index in [1.54, 1.807) is 35.1 Å². The molecule has 0 unspecified atom stereocenters. The predicted octanol–water partition coefficient (Wildman–Crippen LogP) is 3.51. The van der Waals surface area contributed by atoms with Crippen LogP contribution >= 0.6 is 0 Å². The van der Waals surface area contributed by atoms with Crippen molar-refractivity contribution in [2.24, 2.45) is 7.05 Å². The number of rotatable bonds is 7. The Labute approximate surface area is 172 Å². The van der Waals surface area contributed by atoms with Gasteiger partial charge in [0.2, 0.25) is 0 Å². The second-order valence-electron chi connectivity index (χ2n) is 6.21. The van der Waals surface area contributed by atoms with Crippen molar-refractivity contribution < 1.29 is 14.3 Å². The van der Waals surface area contributed by atoms with Gasteiger partial charge >= 0.3 is 149 Å². The third-order valence-corrected chi connectivity index (χ3v) is 4.62. The van der Waals surface area contributed by atoms with Crippen molar-refractivity contribution >= 4 is 34.2 Å². The number of carbonyl (C=O) groups is 2. The number of aromatic nitrogens is 2. The van der Waals surface area contributed by atoms with Crippen LogP contribution in [0.15, 0.2) is 54.7 Å². The van der Waals surface area contributed by atoms with Gasteiger partial charge in [0, 0.05) is 5.56 Å². The number of amides is 1. The molecule has 0 spiro atoms. The van der Waals surface area contributed by atoms with Gasteiger partial charge in [-0.3, -0.25) is 4.79 Å². The fraction of sp³-hybridized carbons (Fsp3) is 0.190. The molecule has 142 valence electrons. The topological polar surface area (TPSA) is 73.2 Å². The van der Waals surface area contributed by atoms with Gasteiger partial charge in [-0.1, -0.05) is 0 Å². The Morgan fingerprint density at radius 3 is 2.43 bits per heavy atom. The third-order valence-electron chi connectivity index (χ3n) is 4.24. The summed E-state index contributed by atoms with van der Waals surface area (Å²) in [5, 5.41) is 7.96. The molecule has 2 radical (unpaired) electrons. The van der Waals surface area contributed by atoms with Crippen LogP contribution in [0.25, 0.3) is 11.3 Å². The maximum atomic E-state index is 12.6. The Morgan fingerprint density at radius 2 is 1.82 bits per heavy atom.